The molecule has 4 aliphatic rings. The van der Waals surface area contributed by atoms with E-state index in [9.17, 15) is 0 Å². The Hall–Kier alpha value is -0.160. The molecule has 0 aromatic rings. The number of rotatable bonds is 0. The molecule has 0 aliphatic carbocycles. The van der Waals surface area contributed by atoms with Crippen molar-refractivity contribution in [2.24, 2.45) is 10.8 Å². The van der Waals surface area contributed by atoms with Gasteiger partial charge in [-0.25, -0.2) is 0 Å². The van der Waals surface area contributed by atoms with E-state index in [-0.39, 0.29) is 0 Å². The van der Waals surface area contributed by atoms with Crippen molar-refractivity contribution < 1.29 is 4.74 Å². The number of hydrogen-bond donors (Lipinski definition) is 1. The lowest BCUT2D eigenvalue weighted by Crippen LogP contribution is -2.57. The molecule has 0 saturated carbocycles. The van der Waals surface area contributed by atoms with Gasteiger partial charge in [0.1, 0.15) is 0 Å². The van der Waals surface area contributed by atoms with Crippen LogP contribution in [0.25, 0.3) is 0 Å². The van der Waals surface area contributed by atoms with Crippen molar-refractivity contribution in [3.05, 3.63) is 0 Å². The number of ether oxygens (including phenoxy) is 1. The fourth-order valence-electron chi connectivity index (χ4n) is 3.70. The lowest BCUT2D eigenvalue weighted by molar-refractivity contribution is -0.137. The molecule has 0 unspecified atom stereocenters. The van der Waals surface area contributed by atoms with E-state index in [1.54, 1.807) is 0 Å². The van der Waals surface area contributed by atoms with Crippen LogP contribution in [0.3, 0.4) is 0 Å². The zero-order chi connectivity index (χ0) is 18.1. The Morgan fingerprint density at radius 1 is 0.667 bits per heavy atom. The molecule has 0 bridgehead atoms. The summed E-state index contributed by atoms with van der Waals surface area (Å²) >= 11 is 0. The van der Waals surface area contributed by atoms with Crippen molar-refractivity contribution in [1.29, 1.82) is 0 Å². The number of nitrogens with one attached hydrogen (secondary N) is 1. The summed E-state index contributed by atoms with van der Waals surface area (Å²) in [7, 11) is 4.42. The SMILES string of the molecule is CC.CC.CN1CCC2(CC1)CNC2.CN1CCC2(CC1)COC2. The molecule has 0 amide bonds. The molecule has 4 heterocycles. The van der Waals surface area contributed by atoms with Crippen molar-refractivity contribution in [3.8, 4) is 0 Å². The van der Waals surface area contributed by atoms with Crippen LogP contribution in [0.5, 0.6) is 0 Å². The van der Waals surface area contributed by atoms with E-state index in [1.807, 2.05) is 27.7 Å². The zero-order valence-electron chi connectivity index (χ0n) is 17.3. The fourth-order valence-corrected chi connectivity index (χ4v) is 3.70. The maximum absolute atomic E-state index is 5.23. The van der Waals surface area contributed by atoms with Crippen molar-refractivity contribution in [2.75, 3.05) is 66.6 Å². The molecule has 0 aromatic carbocycles. The summed E-state index contributed by atoms with van der Waals surface area (Å²) in [5.41, 5.74) is 1.35. The average molecular weight is 342 g/mol. The Morgan fingerprint density at radius 3 is 1.29 bits per heavy atom. The second-order valence-corrected chi connectivity index (χ2v) is 7.70. The summed E-state index contributed by atoms with van der Waals surface area (Å²) < 4.78 is 5.23. The molecule has 0 atom stereocenters. The smallest absolute Gasteiger partial charge is 0.0545 e. The molecule has 4 rings (SSSR count). The number of nitrogens with zero attached hydrogens (tertiary/aromatic N) is 2. The summed E-state index contributed by atoms with van der Waals surface area (Å²) in [6.45, 7) is 17.8. The van der Waals surface area contributed by atoms with E-state index in [1.165, 1.54) is 65.0 Å². The molecule has 4 aliphatic heterocycles. The van der Waals surface area contributed by atoms with Crippen LogP contribution in [0.15, 0.2) is 0 Å². The van der Waals surface area contributed by atoms with Crippen LogP contribution in [0.1, 0.15) is 53.4 Å². The van der Waals surface area contributed by atoms with Gasteiger partial charge in [0.05, 0.1) is 13.2 Å². The lowest BCUT2D eigenvalue weighted by atomic mass is 9.74. The minimum absolute atomic E-state index is 0.618. The third-order valence-corrected chi connectivity index (χ3v) is 5.91. The molecule has 4 fully saturated rings. The molecule has 0 radical (unpaired) electrons. The van der Waals surface area contributed by atoms with Gasteiger partial charge in [-0.05, 0) is 71.4 Å². The minimum atomic E-state index is 0.618. The Bertz CT molecular complexity index is 275. The third kappa shape index (κ3) is 5.98. The summed E-state index contributed by atoms with van der Waals surface area (Å²) in [5, 5.41) is 3.37. The second kappa shape index (κ2) is 10.7. The Labute approximate surface area is 151 Å². The van der Waals surface area contributed by atoms with Crippen LogP contribution in [-0.2, 0) is 4.74 Å². The quantitative estimate of drug-likeness (QED) is 0.733. The van der Waals surface area contributed by atoms with Gasteiger partial charge in [0.25, 0.3) is 0 Å². The minimum Gasteiger partial charge on any atom is -0.380 e. The highest BCUT2D eigenvalue weighted by molar-refractivity contribution is 4.95. The van der Waals surface area contributed by atoms with Gasteiger partial charge in [-0.15, -0.1) is 0 Å². The molecule has 2 spiro atoms. The van der Waals surface area contributed by atoms with Gasteiger partial charge < -0.3 is 19.9 Å². The topological polar surface area (TPSA) is 27.7 Å². The van der Waals surface area contributed by atoms with Gasteiger partial charge in [0.2, 0.25) is 0 Å². The summed E-state index contributed by atoms with van der Waals surface area (Å²) in [6, 6.07) is 0. The first-order valence-corrected chi connectivity index (χ1v) is 10.3. The van der Waals surface area contributed by atoms with E-state index in [4.69, 9.17) is 4.74 Å². The van der Waals surface area contributed by atoms with Crippen LogP contribution in [-0.4, -0.2) is 76.4 Å². The predicted molar refractivity (Wildman–Crippen MR) is 105 cm³/mol. The molecule has 4 heteroatoms. The number of piperidine rings is 2. The van der Waals surface area contributed by atoms with Crippen molar-refractivity contribution >= 4 is 0 Å². The van der Waals surface area contributed by atoms with Gasteiger partial charge in [0, 0.05) is 18.5 Å². The van der Waals surface area contributed by atoms with Crippen LogP contribution in [0.2, 0.25) is 0 Å². The predicted octanol–water partition coefficient (Wildman–Crippen LogP) is 3.08. The Balaban J connectivity index is 0.000000199. The highest BCUT2D eigenvalue weighted by Crippen LogP contribution is 2.37. The van der Waals surface area contributed by atoms with Gasteiger partial charge in [-0.2, -0.15) is 0 Å². The second-order valence-electron chi connectivity index (χ2n) is 7.70. The average Bonchev–Trinajstić information content (AvgIpc) is 2.58. The number of hydrogen-bond acceptors (Lipinski definition) is 4. The van der Waals surface area contributed by atoms with E-state index in [2.05, 4.69) is 29.2 Å². The summed E-state index contributed by atoms with van der Waals surface area (Å²) in [5.74, 6) is 0. The van der Waals surface area contributed by atoms with Gasteiger partial charge in [-0.1, -0.05) is 27.7 Å². The van der Waals surface area contributed by atoms with Crippen molar-refractivity contribution in [2.45, 2.75) is 53.4 Å². The van der Waals surface area contributed by atoms with E-state index in [0.717, 1.165) is 18.6 Å². The molecular weight excluding hydrogens is 298 g/mol. The van der Waals surface area contributed by atoms with Crippen molar-refractivity contribution in [1.82, 2.24) is 15.1 Å². The normalized spacial score (nSPS) is 27.2. The molecule has 0 aromatic heterocycles. The van der Waals surface area contributed by atoms with Crippen LogP contribution < -0.4 is 5.32 Å². The summed E-state index contributed by atoms with van der Waals surface area (Å²) in [6.07, 6.45) is 5.53. The third-order valence-electron chi connectivity index (χ3n) is 5.91. The first kappa shape index (κ1) is 21.9. The highest BCUT2D eigenvalue weighted by atomic mass is 16.5. The van der Waals surface area contributed by atoms with Crippen LogP contribution >= 0.6 is 0 Å². The van der Waals surface area contributed by atoms with Crippen LogP contribution in [0.4, 0.5) is 0 Å². The molecule has 144 valence electrons. The standard InChI is InChI=1S/C8H16N2.C8H15NO.2C2H6/c1-10-4-2-8(3-5-10)6-9-7-8;1-9-4-2-8(3-5-9)6-10-7-8;2*1-2/h9H,2-7H2,1H3;2-7H2,1H3;2*1-2H3. The molecular formula is C20H43N3O. The van der Waals surface area contributed by atoms with Crippen LogP contribution in [0, 0.1) is 10.8 Å². The van der Waals surface area contributed by atoms with Gasteiger partial charge in [-0.3, -0.25) is 0 Å². The maximum atomic E-state index is 5.23. The molecule has 4 saturated heterocycles. The lowest BCUT2D eigenvalue weighted by Gasteiger charge is -2.47. The van der Waals surface area contributed by atoms with E-state index < -0.39 is 0 Å². The summed E-state index contributed by atoms with van der Waals surface area (Å²) in [4.78, 5) is 4.84. The molecule has 24 heavy (non-hydrogen) atoms. The maximum Gasteiger partial charge on any atom is 0.0545 e. The van der Waals surface area contributed by atoms with E-state index in [0.29, 0.717) is 5.41 Å². The highest BCUT2D eigenvalue weighted by Gasteiger charge is 2.40. The Kier molecular flexibility index (Phi) is 9.80. The Morgan fingerprint density at radius 2 is 1.04 bits per heavy atom. The van der Waals surface area contributed by atoms with E-state index >= 15 is 0 Å². The largest absolute Gasteiger partial charge is 0.380 e. The first-order chi connectivity index (χ1) is 11.6. The van der Waals surface area contributed by atoms with Gasteiger partial charge in [0.15, 0.2) is 0 Å². The molecule has 1 N–H and O–H groups in total. The fraction of sp³-hybridized carbons (Fsp3) is 1.00. The molecule has 4 nitrogen and oxygen atoms in total. The first-order valence-electron chi connectivity index (χ1n) is 10.3. The van der Waals surface area contributed by atoms with Gasteiger partial charge >= 0.3 is 0 Å². The zero-order valence-corrected chi connectivity index (χ0v) is 17.3. The monoisotopic (exact) mass is 341 g/mol. The number of likely N-dealkylation sites (tertiary alicyclic amines) is 2. The van der Waals surface area contributed by atoms with Crippen molar-refractivity contribution in [3.63, 3.8) is 0 Å².